The summed E-state index contributed by atoms with van der Waals surface area (Å²) in [5.74, 6) is -0.713. The van der Waals surface area contributed by atoms with Crippen molar-refractivity contribution < 1.29 is 29.0 Å². The highest BCUT2D eigenvalue weighted by atomic mass is 16.6. The molecule has 0 fully saturated rings. The molecule has 12 heteroatoms. The predicted molar refractivity (Wildman–Crippen MR) is 183 cm³/mol. The highest BCUT2D eigenvalue weighted by Gasteiger charge is 2.30. The van der Waals surface area contributed by atoms with E-state index in [1.54, 1.807) is 37.6 Å². The molecule has 3 amide bonds. The van der Waals surface area contributed by atoms with Crippen LogP contribution < -0.4 is 16.0 Å². The Hall–Kier alpha value is -5.36. The van der Waals surface area contributed by atoms with Gasteiger partial charge in [0, 0.05) is 30.2 Å². The zero-order valence-corrected chi connectivity index (χ0v) is 28.0. The Balaban J connectivity index is 1.45. The first kappa shape index (κ1) is 36.5. The van der Waals surface area contributed by atoms with Gasteiger partial charge in [0.25, 0.3) is 0 Å². The van der Waals surface area contributed by atoms with Crippen molar-refractivity contribution in [3.05, 3.63) is 126 Å². The molecule has 4 rings (SSSR count). The fourth-order valence-corrected chi connectivity index (χ4v) is 5.15. The monoisotopic (exact) mass is 668 g/mol. The zero-order chi connectivity index (χ0) is 35.0. The van der Waals surface area contributed by atoms with Gasteiger partial charge in [0.2, 0.25) is 5.91 Å². The number of aryl methyl sites for hydroxylation is 1. The summed E-state index contributed by atoms with van der Waals surface area (Å²) in [7, 11) is 0. The van der Waals surface area contributed by atoms with Crippen molar-refractivity contribution in [1.82, 2.24) is 30.9 Å². The van der Waals surface area contributed by atoms with Crippen molar-refractivity contribution in [3.8, 4) is 0 Å². The van der Waals surface area contributed by atoms with E-state index in [1.807, 2.05) is 74.5 Å². The zero-order valence-electron chi connectivity index (χ0n) is 28.0. The number of ether oxygens (including phenoxy) is 2. The molecule has 258 valence electrons. The molecule has 0 bridgehead atoms. The second-order valence-corrected chi connectivity index (χ2v) is 12.2. The molecule has 4 aromatic rings. The molecule has 2 aromatic heterocycles. The number of pyridine rings is 1. The number of aliphatic hydroxyl groups is 1. The van der Waals surface area contributed by atoms with Gasteiger partial charge in [-0.05, 0) is 49.3 Å². The minimum Gasteiger partial charge on any atom is -0.445 e. The number of hydrogen-bond acceptors (Lipinski definition) is 9. The summed E-state index contributed by atoms with van der Waals surface area (Å²) >= 11 is 0. The number of aliphatic hydroxyl groups excluding tert-OH is 1. The van der Waals surface area contributed by atoms with Crippen molar-refractivity contribution in [1.29, 1.82) is 0 Å². The molecule has 0 saturated carbocycles. The second kappa shape index (κ2) is 18.8. The van der Waals surface area contributed by atoms with Crippen LogP contribution in [-0.2, 0) is 40.3 Å². The average Bonchev–Trinajstić information content (AvgIpc) is 3.10. The highest BCUT2D eigenvalue weighted by Crippen LogP contribution is 2.16. The molecule has 4 atom stereocenters. The van der Waals surface area contributed by atoms with Crippen molar-refractivity contribution in [2.75, 3.05) is 0 Å². The number of aromatic nitrogens is 3. The molecular formula is C37H44N6O6. The summed E-state index contributed by atoms with van der Waals surface area (Å²) < 4.78 is 10.7. The molecule has 2 aromatic carbocycles. The van der Waals surface area contributed by atoms with Crippen LogP contribution in [0.15, 0.2) is 97.6 Å². The Labute approximate surface area is 286 Å². The number of hydrogen-bond donors (Lipinski definition) is 4. The SMILES string of the molecule is Cc1cnc(COC(=O)NC(C(=O)N[C@@H](Cc2ccccc2)C[C@H](O)[C@H](Cc2ccccc2)NC(=O)OCc2cccnc2)C(C)C)cn1. The lowest BCUT2D eigenvalue weighted by Gasteiger charge is -2.30. The van der Waals surface area contributed by atoms with E-state index in [4.69, 9.17) is 9.47 Å². The number of nitrogens with zero attached hydrogens (tertiary/aromatic N) is 3. The minimum absolute atomic E-state index is 0.0188. The molecule has 49 heavy (non-hydrogen) atoms. The number of nitrogens with one attached hydrogen (secondary N) is 3. The maximum atomic E-state index is 13.7. The van der Waals surface area contributed by atoms with Crippen molar-refractivity contribution in [3.63, 3.8) is 0 Å². The van der Waals surface area contributed by atoms with E-state index in [0.29, 0.717) is 18.5 Å². The lowest BCUT2D eigenvalue weighted by Crippen LogP contribution is -2.54. The molecular weight excluding hydrogens is 624 g/mol. The third-order valence-corrected chi connectivity index (χ3v) is 7.76. The Morgan fingerprint density at radius 2 is 1.37 bits per heavy atom. The number of carbonyl (C=O) groups excluding carboxylic acids is 3. The van der Waals surface area contributed by atoms with Gasteiger partial charge in [-0.15, -0.1) is 0 Å². The van der Waals surface area contributed by atoms with Gasteiger partial charge in [-0.25, -0.2) is 9.59 Å². The average molecular weight is 669 g/mol. The van der Waals surface area contributed by atoms with Gasteiger partial charge < -0.3 is 30.5 Å². The van der Waals surface area contributed by atoms with Gasteiger partial charge in [-0.3, -0.25) is 19.7 Å². The standard InChI is InChI=1S/C37H44N6O6/c1-25(2)34(43-37(47)49-24-31-22-39-26(3)20-40-31)35(45)41-30(17-27-11-6-4-7-12-27)19-33(44)32(18-28-13-8-5-9-14-28)42-36(46)48-23-29-15-10-16-38-21-29/h4-16,20-22,25,30,32-34,44H,17-19,23-24H2,1-3H3,(H,41,45)(H,42,46)(H,43,47)/t30-,32-,33-,34?/m0/s1. The fourth-order valence-electron chi connectivity index (χ4n) is 5.15. The quantitative estimate of drug-likeness (QED) is 0.135. The molecule has 4 N–H and O–H groups in total. The maximum absolute atomic E-state index is 13.7. The molecule has 0 radical (unpaired) electrons. The maximum Gasteiger partial charge on any atom is 0.408 e. The highest BCUT2D eigenvalue weighted by molar-refractivity contribution is 5.86. The normalized spacial score (nSPS) is 13.4. The van der Waals surface area contributed by atoms with E-state index in [2.05, 4.69) is 30.9 Å². The Morgan fingerprint density at radius 1 is 0.735 bits per heavy atom. The minimum atomic E-state index is -1.08. The summed E-state index contributed by atoms with van der Waals surface area (Å²) in [5, 5.41) is 20.2. The van der Waals surface area contributed by atoms with E-state index in [1.165, 1.54) is 6.20 Å². The summed E-state index contributed by atoms with van der Waals surface area (Å²) in [6.07, 6.45) is 4.63. The van der Waals surface area contributed by atoms with Gasteiger partial charge in [0.15, 0.2) is 0 Å². The summed E-state index contributed by atoms with van der Waals surface area (Å²) in [5.41, 5.74) is 3.79. The molecule has 12 nitrogen and oxygen atoms in total. The first-order chi connectivity index (χ1) is 23.7. The molecule has 0 spiro atoms. The summed E-state index contributed by atoms with van der Waals surface area (Å²) in [6, 6.07) is 20.4. The van der Waals surface area contributed by atoms with Gasteiger partial charge in [-0.1, -0.05) is 80.6 Å². The molecule has 0 aliphatic rings. The Kier molecular flexibility index (Phi) is 14.0. The van der Waals surface area contributed by atoms with Crippen LogP contribution in [0.25, 0.3) is 0 Å². The van der Waals surface area contributed by atoms with Crippen LogP contribution in [0, 0.1) is 12.8 Å². The van der Waals surface area contributed by atoms with Crippen LogP contribution in [0.5, 0.6) is 0 Å². The first-order valence-electron chi connectivity index (χ1n) is 16.3. The van der Waals surface area contributed by atoms with Crippen molar-refractivity contribution in [2.45, 2.75) is 77.5 Å². The second-order valence-electron chi connectivity index (χ2n) is 12.2. The van der Waals surface area contributed by atoms with Crippen LogP contribution in [0.3, 0.4) is 0 Å². The Morgan fingerprint density at radius 3 is 1.98 bits per heavy atom. The van der Waals surface area contributed by atoms with Crippen LogP contribution in [-0.4, -0.2) is 62.4 Å². The molecule has 2 heterocycles. The van der Waals surface area contributed by atoms with Crippen LogP contribution in [0.4, 0.5) is 9.59 Å². The van der Waals surface area contributed by atoms with Crippen molar-refractivity contribution >= 4 is 18.1 Å². The molecule has 0 saturated heterocycles. The van der Waals surface area contributed by atoms with Gasteiger partial charge in [-0.2, -0.15) is 0 Å². The van der Waals surface area contributed by atoms with E-state index < -0.39 is 42.3 Å². The fraction of sp³-hybridized carbons (Fsp3) is 0.351. The lowest BCUT2D eigenvalue weighted by atomic mass is 9.93. The number of rotatable bonds is 16. The van der Waals surface area contributed by atoms with E-state index >= 15 is 0 Å². The topological polar surface area (TPSA) is 165 Å². The molecule has 0 aliphatic carbocycles. The van der Waals surface area contributed by atoms with Crippen molar-refractivity contribution in [2.24, 2.45) is 5.92 Å². The lowest BCUT2D eigenvalue weighted by molar-refractivity contribution is -0.125. The van der Waals surface area contributed by atoms with Gasteiger partial charge in [0.1, 0.15) is 19.3 Å². The predicted octanol–water partition coefficient (Wildman–Crippen LogP) is 4.45. The number of carbonyl (C=O) groups is 3. The van der Waals surface area contributed by atoms with Crippen LogP contribution >= 0.6 is 0 Å². The van der Waals surface area contributed by atoms with Crippen LogP contribution in [0.2, 0.25) is 0 Å². The Bertz CT molecular complexity index is 1590. The van der Waals surface area contributed by atoms with Crippen LogP contribution in [0.1, 0.15) is 48.3 Å². The largest absolute Gasteiger partial charge is 0.445 e. The molecule has 0 aliphatic heterocycles. The van der Waals surface area contributed by atoms with E-state index in [9.17, 15) is 19.5 Å². The first-order valence-corrected chi connectivity index (χ1v) is 16.3. The smallest absolute Gasteiger partial charge is 0.408 e. The van der Waals surface area contributed by atoms with Gasteiger partial charge in [0.05, 0.1) is 29.7 Å². The van der Waals surface area contributed by atoms with E-state index in [-0.39, 0.29) is 25.6 Å². The number of alkyl carbamates (subject to hydrolysis) is 2. The summed E-state index contributed by atoms with van der Waals surface area (Å²) in [4.78, 5) is 51.7. The van der Waals surface area contributed by atoms with E-state index in [0.717, 1.165) is 22.4 Å². The number of benzene rings is 2. The third-order valence-electron chi connectivity index (χ3n) is 7.76. The third kappa shape index (κ3) is 12.6. The summed E-state index contributed by atoms with van der Waals surface area (Å²) in [6.45, 7) is 5.35. The van der Waals surface area contributed by atoms with Gasteiger partial charge >= 0.3 is 12.2 Å². The molecule has 1 unspecified atom stereocenters. The number of amides is 3.